The molecule has 0 aliphatic carbocycles. The van der Waals surface area contributed by atoms with Gasteiger partial charge in [0.05, 0.1) is 6.04 Å². The van der Waals surface area contributed by atoms with Crippen molar-refractivity contribution in [3.8, 4) is 0 Å². The van der Waals surface area contributed by atoms with Crippen LogP contribution in [-0.4, -0.2) is 29.9 Å². The van der Waals surface area contributed by atoms with Crippen molar-refractivity contribution >= 4 is 11.9 Å². The standard InChI is InChI=1S/C12H15F2N3O2/c1-7(11(18)16-12(15)19)17(2)6-8-3-4-9(13)10(14)5-8/h3-5,7H,6H2,1-2H3,(H3,15,16,18,19). The first-order chi connectivity index (χ1) is 8.81. The third-order valence-electron chi connectivity index (χ3n) is 2.70. The van der Waals surface area contributed by atoms with Crippen LogP contribution >= 0.6 is 0 Å². The number of nitrogens with two attached hydrogens (primary N) is 1. The highest BCUT2D eigenvalue weighted by molar-refractivity contribution is 5.96. The Morgan fingerprint density at radius 3 is 2.53 bits per heavy atom. The second kappa shape index (κ2) is 6.24. The molecule has 0 aliphatic heterocycles. The van der Waals surface area contributed by atoms with Gasteiger partial charge in [0.2, 0.25) is 5.91 Å². The molecular weight excluding hydrogens is 256 g/mol. The predicted octanol–water partition coefficient (Wildman–Crippen LogP) is 0.980. The number of hydrogen-bond donors (Lipinski definition) is 2. The molecule has 0 bridgehead atoms. The number of urea groups is 1. The smallest absolute Gasteiger partial charge is 0.318 e. The van der Waals surface area contributed by atoms with E-state index in [2.05, 4.69) is 0 Å². The highest BCUT2D eigenvalue weighted by atomic mass is 19.2. The first-order valence-electron chi connectivity index (χ1n) is 5.55. The minimum Gasteiger partial charge on any atom is -0.351 e. The molecule has 1 rings (SSSR count). The van der Waals surface area contributed by atoms with Gasteiger partial charge in [-0.3, -0.25) is 15.0 Å². The summed E-state index contributed by atoms with van der Waals surface area (Å²) in [4.78, 5) is 23.7. The number of nitrogens with one attached hydrogen (secondary N) is 1. The Kier molecular flexibility index (Phi) is 4.94. The Hall–Kier alpha value is -2.02. The molecule has 3 N–H and O–H groups in total. The maximum atomic E-state index is 13.0. The second-order valence-corrected chi connectivity index (χ2v) is 4.19. The highest BCUT2D eigenvalue weighted by Gasteiger charge is 2.19. The van der Waals surface area contributed by atoms with Gasteiger partial charge >= 0.3 is 6.03 Å². The third-order valence-corrected chi connectivity index (χ3v) is 2.70. The summed E-state index contributed by atoms with van der Waals surface area (Å²) in [6, 6.07) is 1.93. The second-order valence-electron chi connectivity index (χ2n) is 4.19. The van der Waals surface area contributed by atoms with Crippen molar-refractivity contribution in [2.24, 2.45) is 5.73 Å². The molecule has 1 atom stereocenters. The van der Waals surface area contributed by atoms with Crippen molar-refractivity contribution in [3.05, 3.63) is 35.4 Å². The summed E-state index contributed by atoms with van der Waals surface area (Å²) in [6.45, 7) is 1.79. The summed E-state index contributed by atoms with van der Waals surface area (Å²) in [5.74, 6) is -2.43. The molecule has 0 aromatic heterocycles. The normalized spacial score (nSPS) is 12.3. The van der Waals surface area contributed by atoms with Crippen molar-refractivity contribution in [1.82, 2.24) is 10.2 Å². The molecular formula is C12H15F2N3O2. The monoisotopic (exact) mass is 271 g/mol. The Morgan fingerprint density at radius 1 is 1.37 bits per heavy atom. The topological polar surface area (TPSA) is 75.4 Å². The summed E-state index contributed by atoms with van der Waals surface area (Å²) in [5.41, 5.74) is 5.35. The third kappa shape index (κ3) is 4.29. The number of benzene rings is 1. The molecule has 0 aliphatic rings. The zero-order valence-electron chi connectivity index (χ0n) is 10.6. The lowest BCUT2D eigenvalue weighted by molar-refractivity contribution is -0.124. The molecule has 7 heteroatoms. The Bertz CT molecular complexity index is 494. The number of primary amides is 1. The molecule has 104 valence electrons. The van der Waals surface area contributed by atoms with Gasteiger partial charge in [-0.25, -0.2) is 13.6 Å². The summed E-state index contributed by atoms with van der Waals surface area (Å²) < 4.78 is 25.8. The minimum atomic E-state index is -0.944. The van der Waals surface area contributed by atoms with E-state index in [-0.39, 0.29) is 6.54 Å². The van der Waals surface area contributed by atoms with E-state index >= 15 is 0 Å². The molecule has 3 amide bonds. The Balaban J connectivity index is 2.67. The van der Waals surface area contributed by atoms with Crippen LogP contribution in [0.2, 0.25) is 0 Å². The van der Waals surface area contributed by atoms with E-state index in [4.69, 9.17) is 5.73 Å². The highest BCUT2D eigenvalue weighted by Crippen LogP contribution is 2.11. The molecule has 0 heterocycles. The van der Waals surface area contributed by atoms with Crippen LogP contribution in [0.1, 0.15) is 12.5 Å². The molecule has 0 spiro atoms. The SMILES string of the molecule is CC(C(=O)NC(N)=O)N(C)Cc1ccc(F)c(F)c1. The average Bonchev–Trinajstić information content (AvgIpc) is 2.32. The summed E-state index contributed by atoms with van der Waals surface area (Å²) in [5, 5.41) is 1.95. The first kappa shape index (κ1) is 15.0. The molecule has 1 aromatic carbocycles. The van der Waals surface area contributed by atoms with Crippen LogP contribution in [0.15, 0.2) is 18.2 Å². The van der Waals surface area contributed by atoms with Gasteiger partial charge in [-0.1, -0.05) is 6.07 Å². The largest absolute Gasteiger partial charge is 0.351 e. The summed E-state index contributed by atoms with van der Waals surface area (Å²) in [6.07, 6.45) is 0. The van der Waals surface area contributed by atoms with Gasteiger partial charge in [0, 0.05) is 6.54 Å². The summed E-state index contributed by atoms with van der Waals surface area (Å²) in [7, 11) is 1.62. The predicted molar refractivity (Wildman–Crippen MR) is 65.0 cm³/mol. The van der Waals surface area contributed by atoms with Crippen molar-refractivity contribution in [2.75, 3.05) is 7.05 Å². The fourth-order valence-electron chi connectivity index (χ4n) is 1.49. The maximum Gasteiger partial charge on any atom is 0.318 e. The maximum absolute atomic E-state index is 13.0. The number of imide groups is 1. The number of amides is 3. The van der Waals surface area contributed by atoms with Crippen molar-refractivity contribution in [3.63, 3.8) is 0 Å². The van der Waals surface area contributed by atoms with E-state index in [0.717, 1.165) is 12.1 Å². The van der Waals surface area contributed by atoms with E-state index in [1.54, 1.807) is 18.9 Å². The van der Waals surface area contributed by atoms with Crippen LogP contribution < -0.4 is 11.1 Å². The van der Waals surface area contributed by atoms with E-state index in [0.29, 0.717) is 5.56 Å². The van der Waals surface area contributed by atoms with Crippen LogP contribution in [0.5, 0.6) is 0 Å². The van der Waals surface area contributed by atoms with Gasteiger partial charge in [0.15, 0.2) is 11.6 Å². The zero-order valence-corrected chi connectivity index (χ0v) is 10.6. The number of rotatable bonds is 4. The molecule has 19 heavy (non-hydrogen) atoms. The molecule has 1 unspecified atom stereocenters. The fraction of sp³-hybridized carbons (Fsp3) is 0.333. The van der Waals surface area contributed by atoms with Gasteiger partial charge in [-0.2, -0.15) is 0 Å². The van der Waals surface area contributed by atoms with E-state index in [9.17, 15) is 18.4 Å². The molecule has 1 aromatic rings. The van der Waals surface area contributed by atoms with Gasteiger partial charge in [0.1, 0.15) is 0 Å². The summed E-state index contributed by atoms with van der Waals surface area (Å²) >= 11 is 0. The quantitative estimate of drug-likeness (QED) is 0.857. The van der Waals surface area contributed by atoms with E-state index in [1.165, 1.54) is 6.07 Å². The number of likely N-dealkylation sites (N-methyl/N-ethyl adjacent to an activating group) is 1. The number of hydrogen-bond acceptors (Lipinski definition) is 3. The number of carbonyl (C=O) groups is 2. The molecule has 0 fully saturated rings. The van der Waals surface area contributed by atoms with Crippen LogP contribution in [0.25, 0.3) is 0 Å². The van der Waals surface area contributed by atoms with Gasteiger partial charge < -0.3 is 5.73 Å². The zero-order chi connectivity index (χ0) is 14.6. The number of nitrogens with zero attached hydrogens (tertiary/aromatic N) is 1. The van der Waals surface area contributed by atoms with E-state index < -0.39 is 29.6 Å². The van der Waals surface area contributed by atoms with E-state index in [1.807, 2.05) is 5.32 Å². The van der Waals surface area contributed by atoms with Crippen molar-refractivity contribution in [1.29, 1.82) is 0 Å². The lowest BCUT2D eigenvalue weighted by Crippen LogP contribution is -2.46. The van der Waals surface area contributed by atoms with Crippen LogP contribution in [0.3, 0.4) is 0 Å². The van der Waals surface area contributed by atoms with Crippen molar-refractivity contribution in [2.45, 2.75) is 19.5 Å². The molecule has 0 saturated heterocycles. The molecule has 5 nitrogen and oxygen atoms in total. The Morgan fingerprint density at radius 2 is 2.00 bits per heavy atom. The number of carbonyl (C=O) groups excluding carboxylic acids is 2. The molecule has 0 radical (unpaired) electrons. The first-order valence-corrected chi connectivity index (χ1v) is 5.55. The minimum absolute atomic E-state index is 0.227. The number of halogens is 2. The Labute approximate surface area is 109 Å². The van der Waals surface area contributed by atoms with Crippen LogP contribution in [0.4, 0.5) is 13.6 Å². The van der Waals surface area contributed by atoms with Crippen LogP contribution in [0, 0.1) is 11.6 Å². The lowest BCUT2D eigenvalue weighted by Gasteiger charge is -2.23. The fourth-order valence-corrected chi connectivity index (χ4v) is 1.49. The van der Waals surface area contributed by atoms with Crippen LogP contribution in [-0.2, 0) is 11.3 Å². The van der Waals surface area contributed by atoms with Crippen molar-refractivity contribution < 1.29 is 18.4 Å². The van der Waals surface area contributed by atoms with Gasteiger partial charge in [-0.15, -0.1) is 0 Å². The lowest BCUT2D eigenvalue weighted by atomic mass is 10.1. The molecule has 0 saturated carbocycles. The van der Waals surface area contributed by atoms with Gasteiger partial charge in [0.25, 0.3) is 0 Å². The average molecular weight is 271 g/mol. The van der Waals surface area contributed by atoms with Gasteiger partial charge in [-0.05, 0) is 31.7 Å².